The van der Waals surface area contributed by atoms with E-state index in [4.69, 9.17) is 5.73 Å². The molecule has 82 valence electrons. The number of rotatable bonds is 2. The van der Waals surface area contributed by atoms with Crippen molar-refractivity contribution < 1.29 is 4.79 Å². The molecule has 0 heterocycles. The third-order valence-corrected chi connectivity index (χ3v) is 3.72. The molecule has 0 aromatic carbocycles. The Morgan fingerprint density at radius 2 is 1.71 bits per heavy atom. The molecule has 0 atom stereocenters. The Bertz CT molecular complexity index is 230. The average molecular weight is 198 g/mol. The summed E-state index contributed by atoms with van der Waals surface area (Å²) < 4.78 is 0. The highest BCUT2D eigenvalue weighted by atomic mass is 16.1. The summed E-state index contributed by atoms with van der Waals surface area (Å²) in [6.45, 7) is 10.3. The Hall–Kier alpha value is -0.570. The molecule has 0 bridgehead atoms. The molecule has 0 aromatic rings. The summed E-state index contributed by atoms with van der Waals surface area (Å²) in [5.41, 5.74) is 6.11. The van der Waals surface area contributed by atoms with Gasteiger partial charge >= 0.3 is 0 Å². The van der Waals surface area contributed by atoms with Gasteiger partial charge in [-0.3, -0.25) is 4.79 Å². The predicted molar refractivity (Wildman–Crippen MR) is 57.8 cm³/mol. The maximum atomic E-state index is 11.3. The largest absolute Gasteiger partial charge is 0.352 e. The van der Waals surface area contributed by atoms with Crippen LogP contribution in [0.4, 0.5) is 0 Å². The van der Waals surface area contributed by atoms with E-state index in [0.29, 0.717) is 6.42 Å². The van der Waals surface area contributed by atoms with E-state index in [-0.39, 0.29) is 28.8 Å². The summed E-state index contributed by atoms with van der Waals surface area (Å²) >= 11 is 0. The van der Waals surface area contributed by atoms with Crippen LogP contribution in [0.25, 0.3) is 0 Å². The van der Waals surface area contributed by atoms with Gasteiger partial charge in [-0.2, -0.15) is 0 Å². The first-order valence-corrected chi connectivity index (χ1v) is 5.29. The van der Waals surface area contributed by atoms with Crippen molar-refractivity contribution in [1.29, 1.82) is 0 Å². The molecule has 3 nitrogen and oxygen atoms in total. The molecule has 0 unspecified atom stereocenters. The van der Waals surface area contributed by atoms with Crippen LogP contribution < -0.4 is 11.1 Å². The molecule has 1 amide bonds. The van der Waals surface area contributed by atoms with E-state index in [1.807, 2.05) is 6.92 Å². The van der Waals surface area contributed by atoms with Crippen molar-refractivity contribution in [3.63, 3.8) is 0 Å². The molecule has 0 saturated heterocycles. The molecule has 3 N–H and O–H groups in total. The molecule has 1 rings (SSSR count). The summed E-state index contributed by atoms with van der Waals surface area (Å²) in [6.07, 6.45) is 0.540. The lowest BCUT2D eigenvalue weighted by molar-refractivity contribution is -0.131. The molecule has 1 saturated carbocycles. The molecule has 0 spiro atoms. The lowest BCUT2D eigenvalue weighted by Crippen LogP contribution is -2.76. The Kier molecular flexibility index (Phi) is 2.65. The van der Waals surface area contributed by atoms with E-state index in [1.54, 1.807) is 0 Å². The normalized spacial score (nSPS) is 33.3. The second-order valence-corrected chi connectivity index (χ2v) is 5.47. The van der Waals surface area contributed by atoms with Crippen molar-refractivity contribution in [2.45, 2.75) is 53.1 Å². The molecule has 3 heteroatoms. The van der Waals surface area contributed by atoms with Gasteiger partial charge in [0.05, 0.1) is 0 Å². The minimum Gasteiger partial charge on any atom is -0.352 e. The average Bonchev–Trinajstić information content (AvgIpc) is 2.11. The Morgan fingerprint density at radius 1 is 1.29 bits per heavy atom. The van der Waals surface area contributed by atoms with Crippen molar-refractivity contribution in [3.8, 4) is 0 Å². The topological polar surface area (TPSA) is 55.1 Å². The van der Waals surface area contributed by atoms with E-state index in [0.717, 1.165) is 0 Å². The van der Waals surface area contributed by atoms with Crippen molar-refractivity contribution in [2.75, 3.05) is 0 Å². The molecule has 0 radical (unpaired) electrons. The van der Waals surface area contributed by atoms with Gasteiger partial charge in [-0.25, -0.2) is 0 Å². The third kappa shape index (κ3) is 1.44. The lowest BCUT2D eigenvalue weighted by atomic mass is 9.48. The van der Waals surface area contributed by atoms with Gasteiger partial charge in [-0.1, -0.05) is 34.6 Å². The Balaban J connectivity index is 2.73. The first kappa shape index (κ1) is 11.5. The van der Waals surface area contributed by atoms with Crippen LogP contribution >= 0.6 is 0 Å². The molecule has 14 heavy (non-hydrogen) atoms. The molecular formula is C11H22N2O. The van der Waals surface area contributed by atoms with Crippen molar-refractivity contribution in [3.05, 3.63) is 0 Å². The molecule has 1 aliphatic carbocycles. The highest BCUT2D eigenvalue weighted by molar-refractivity contribution is 5.76. The predicted octanol–water partition coefficient (Wildman–Crippen LogP) is 1.27. The van der Waals surface area contributed by atoms with Crippen molar-refractivity contribution >= 4 is 5.91 Å². The number of nitrogens with one attached hydrogen (secondary N) is 1. The van der Waals surface area contributed by atoms with Gasteiger partial charge < -0.3 is 11.1 Å². The second-order valence-electron chi connectivity index (χ2n) is 5.47. The third-order valence-electron chi connectivity index (χ3n) is 3.72. The van der Waals surface area contributed by atoms with Gasteiger partial charge in [0.2, 0.25) is 5.91 Å². The van der Waals surface area contributed by atoms with Crippen LogP contribution in [0.2, 0.25) is 0 Å². The van der Waals surface area contributed by atoms with E-state index in [1.165, 1.54) is 0 Å². The fraction of sp³-hybridized carbons (Fsp3) is 0.909. The van der Waals surface area contributed by atoms with Crippen LogP contribution in [0.15, 0.2) is 0 Å². The smallest absolute Gasteiger partial charge is 0.219 e. The number of amides is 1. The number of hydrogen-bond acceptors (Lipinski definition) is 2. The first-order valence-electron chi connectivity index (χ1n) is 5.29. The summed E-state index contributed by atoms with van der Waals surface area (Å²) in [4.78, 5) is 11.3. The van der Waals surface area contributed by atoms with Crippen LogP contribution in [0.3, 0.4) is 0 Å². The molecule has 1 aliphatic rings. The fourth-order valence-electron chi connectivity index (χ4n) is 2.82. The number of hydrogen-bond donors (Lipinski definition) is 2. The van der Waals surface area contributed by atoms with Crippen LogP contribution in [-0.2, 0) is 4.79 Å². The van der Waals surface area contributed by atoms with E-state index in [2.05, 4.69) is 33.0 Å². The van der Waals surface area contributed by atoms with Gasteiger partial charge in [-0.05, 0) is 0 Å². The van der Waals surface area contributed by atoms with Gasteiger partial charge in [0, 0.05) is 29.3 Å². The van der Waals surface area contributed by atoms with Crippen molar-refractivity contribution in [2.24, 2.45) is 16.6 Å². The van der Waals surface area contributed by atoms with Crippen LogP contribution in [0.1, 0.15) is 41.0 Å². The van der Waals surface area contributed by atoms with Gasteiger partial charge in [0.25, 0.3) is 0 Å². The standard InChI is InChI=1S/C11H22N2O/c1-6-7(14)13-9-10(2,3)8(12)11(9,4)5/h8-9H,6,12H2,1-5H3,(H,13,14). The number of carbonyl (C=O) groups excluding carboxylic acids is 1. The molecular weight excluding hydrogens is 176 g/mol. The Labute approximate surface area is 86.4 Å². The van der Waals surface area contributed by atoms with Crippen LogP contribution in [0.5, 0.6) is 0 Å². The Morgan fingerprint density at radius 3 is 2.07 bits per heavy atom. The van der Waals surface area contributed by atoms with Gasteiger partial charge in [0.15, 0.2) is 0 Å². The van der Waals surface area contributed by atoms with Crippen LogP contribution in [-0.4, -0.2) is 18.0 Å². The second kappa shape index (κ2) is 3.23. The summed E-state index contributed by atoms with van der Waals surface area (Å²) in [5.74, 6) is 0.114. The zero-order valence-electron chi connectivity index (χ0n) is 9.85. The molecule has 0 aliphatic heterocycles. The highest BCUT2D eigenvalue weighted by Gasteiger charge is 2.60. The van der Waals surface area contributed by atoms with Crippen LogP contribution in [0, 0.1) is 10.8 Å². The monoisotopic (exact) mass is 198 g/mol. The maximum Gasteiger partial charge on any atom is 0.219 e. The summed E-state index contributed by atoms with van der Waals surface area (Å²) in [5, 5.41) is 3.06. The quantitative estimate of drug-likeness (QED) is 0.702. The fourth-order valence-corrected chi connectivity index (χ4v) is 2.82. The summed E-state index contributed by atoms with van der Waals surface area (Å²) in [6, 6.07) is 0.342. The molecule has 0 aromatic heterocycles. The van der Waals surface area contributed by atoms with Gasteiger partial charge in [0.1, 0.15) is 0 Å². The van der Waals surface area contributed by atoms with E-state index >= 15 is 0 Å². The number of carbonyl (C=O) groups is 1. The van der Waals surface area contributed by atoms with E-state index in [9.17, 15) is 4.79 Å². The first-order chi connectivity index (χ1) is 6.24. The number of nitrogens with two attached hydrogens (primary N) is 1. The zero-order chi connectivity index (χ0) is 11.1. The van der Waals surface area contributed by atoms with Gasteiger partial charge in [-0.15, -0.1) is 0 Å². The zero-order valence-corrected chi connectivity index (χ0v) is 9.85. The minimum absolute atomic E-state index is 0.00826. The van der Waals surface area contributed by atoms with E-state index < -0.39 is 0 Å². The van der Waals surface area contributed by atoms with Crippen molar-refractivity contribution in [1.82, 2.24) is 5.32 Å². The lowest BCUT2D eigenvalue weighted by Gasteiger charge is -2.62. The summed E-state index contributed by atoms with van der Waals surface area (Å²) in [7, 11) is 0. The highest BCUT2D eigenvalue weighted by Crippen LogP contribution is 2.52. The molecule has 1 fully saturated rings. The maximum absolute atomic E-state index is 11.3. The minimum atomic E-state index is 0.00826. The SMILES string of the molecule is CCC(=O)NC1C(C)(C)C(N)C1(C)C.